The zero-order valence-electron chi connectivity index (χ0n) is 19.8. The van der Waals surface area contributed by atoms with Crippen molar-refractivity contribution in [3.8, 4) is 5.75 Å². The van der Waals surface area contributed by atoms with E-state index >= 15 is 0 Å². The predicted octanol–water partition coefficient (Wildman–Crippen LogP) is 2.61. The van der Waals surface area contributed by atoms with E-state index in [1.54, 1.807) is 0 Å². The number of nitrogens with zero attached hydrogens (tertiary/aromatic N) is 1. The smallest absolute Gasteiger partial charge is 0.416 e. The van der Waals surface area contributed by atoms with E-state index in [9.17, 15) is 31.5 Å². The van der Waals surface area contributed by atoms with Crippen LogP contribution in [0.2, 0.25) is 0 Å². The maximum Gasteiger partial charge on any atom is 0.416 e. The number of sulfonamides is 1. The van der Waals surface area contributed by atoms with E-state index in [-0.39, 0.29) is 36.8 Å². The summed E-state index contributed by atoms with van der Waals surface area (Å²) in [6.07, 6.45) is -3.94. The van der Waals surface area contributed by atoms with Crippen LogP contribution in [-0.2, 0) is 30.5 Å². The van der Waals surface area contributed by atoms with Gasteiger partial charge in [0.2, 0.25) is 16.3 Å². The van der Waals surface area contributed by atoms with Crippen molar-refractivity contribution >= 4 is 15.9 Å². The second-order valence-corrected chi connectivity index (χ2v) is 10.0. The van der Waals surface area contributed by atoms with E-state index < -0.39 is 46.5 Å². The molecule has 1 aliphatic heterocycles. The van der Waals surface area contributed by atoms with Crippen LogP contribution in [0.3, 0.4) is 0 Å². The molecule has 202 valence electrons. The molecule has 0 saturated carbocycles. The molecule has 1 aliphatic rings. The summed E-state index contributed by atoms with van der Waals surface area (Å²) < 4.78 is 81.9. The molecule has 0 bridgehead atoms. The second-order valence-electron chi connectivity index (χ2n) is 8.08. The summed E-state index contributed by atoms with van der Waals surface area (Å²) in [6.45, 7) is -0.926. The Morgan fingerprint density at radius 3 is 2.32 bits per heavy atom. The summed E-state index contributed by atoms with van der Waals surface area (Å²) in [5.41, 5.74) is 5.03. The second kappa shape index (κ2) is 11.9. The van der Waals surface area contributed by atoms with Gasteiger partial charge in [-0.2, -0.15) is 17.5 Å². The molecule has 1 heterocycles. The first kappa shape index (κ1) is 28.4. The number of hydrogen-bond donors (Lipinski definition) is 2. The van der Waals surface area contributed by atoms with Crippen molar-refractivity contribution in [2.24, 2.45) is 5.73 Å². The highest BCUT2D eigenvalue weighted by atomic mass is 32.2. The first-order valence-electron chi connectivity index (χ1n) is 11.2. The summed E-state index contributed by atoms with van der Waals surface area (Å²) in [5.74, 6) is -1.14. The summed E-state index contributed by atoms with van der Waals surface area (Å²) in [7, 11) is -2.51. The molecule has 37 heavy (non-hydrogen) atoms. The molecule has 0 fully saturated rings. The number of benzene rings is 2. The van der Waals surface area contributed by atoms with Crippen LogP contribution in [0.25, 0.3) is 0 Å². The summed E-state index contributed by atoms with van der Waals surface area (Å²) in [6, 6.07) is 10.2. The van der Waals surface area contributed by atoms with Gasteiger partial charge in [-0.25, -0.2) is 8.42 Å². The topological polar surface area (TPSA) is 128 Å². The number of aliphatic hydroxyl groups excluding tert-OH is 1. The number of aliphatic hydroxyl groups is 1. The van der Waals surface area contributed by atoms with Gasteiger partial charge >= 0.3 is 6.18 Å². The van der Waals surface area contributed by atoms with Crippen molar-refractivity contribution in [1.82, 2.24) is 4.31 Å². The van der Waals surface area contributed by atoms with E-state index in [0.717, 1.165) is 16.4 Å². The third-order valence-corrected chi connectivity index (χ3v) is 7.57. The Labute approximate surface area is 212 Å². The monoisotopic (exact) mass is 544 g/mol. The van der Waals surface area contributed by atoms with E-state index in [1.807, 2.05) is 0 Å². The lowest BCUT2D eigenvalue weighted by atomic mass is 9.92. The lowest BCUT2D eigenvalue weighted by molar-refractivity contribution is -0.144. The number of rotatable bonds is 11. The zero-order chi connectivity index (χ0) is 27.2. The molecule has 0 spiro atoms. The van der Waals surface area contributed by atoms with Crippen LogP contribution in [0.15, 0.2) is 65.3 Å². The standard InChI is InChI=1S/C24H27F3N2O7S/c1-34-19-6-8-20(9-7-19)37(32,33)29(10-12-30)11-13-35-22-15-17(14-21(36-22)23(28)31)16-2-4-18(5-3-16)24(25,26)27/h2-9,14,17,22,30H,10-13,15H2,1H3,(H2,28,31)/t17-,22+/m1/s1. The molecule has 0 aliphatic carbocycles. The Hall–Kier alpha value is -3.13. The lowest BCUT2D eigenvalue weighted by Crippen LogP contribution is -2.38. The van der Waals surface area contributed by atoms with Gasteiger partial charge in [-0.15, -0.1) is 0 Å². The number of hydrogen-bond acceptors (Lipinski definition) is 7. The SMILES string of the molecule is COc1ccc(S(=O)(=O)N(CCO)CCO[C@@H]2C[C@H](c3ccc(C(F)(F)F)cc3)C=C(C(N)=O)O2)cc1. The molecule has 0 saturated heterocycles. The third kappa shape index (κ3) is 7.22. The molecule has 0 radical (unpaired) electrons. The number of carbonyl (C=O) groups excluding carboxylic acids is 1. The molecule has 2 atom stereocenters. The average Bonchev–Trinajstić information content (AvgIpc) is 2.87. The third-order valence-electron chi connectivity index (χ3n) is 5.66. The van der Waals surface area contributed by atoms with Gasteiger partial charge < -0.3 is 25.1 Å². The van der Waals surface area contributed by atoms with Crippen molar-refractivity contribution in [2.45, 2.75) is 29.7 Å². The Morgan fingerprint density at radius 2 is 1.78 bits per heavy atom. The van der Waals surface area contributed by atoms with Gasteiger partial charge in [-0.1, -0.05) is 12.1 Å². The molecular weight excluding hydrogens is 517 g/mol. The maximum absolute atomic E-state index is 13.0. The van der Waals surface area contributed by atoms with Crippen molar-refractivity contribution in [3.05, 3.63) is 71.5 Å². The van der Waals surface area contributed by atoms with Crippen molar-refractivity contribution in [1.29, 1.82) is 0 Å². The highest BCUT2D eigenvalue weighted by Gasteiger charge is 2.32. The molecule has 2 aromatic carbocycles. The van der Waals surface area contributed by atoms with Gasteiger partial charge in [0.25, 0.3) is 5.91 Å². The van der Waals surface area contributed by atoms with Crippen LogP contribution >= 0.6 is 0 Å². The molecule has 0 unspecified atom stereocenters. The predicted molar refractivity (Wildman–Crippen MR) is 126 cm³/mol. The van der Waals surface area contributed by atoms with Crippen molar-refractivity contribution < 1.29 is 45.7 Å². The average molecular weight is 545 g/mol. The first-order chi connectivity index (χ1) is 17.5. The largest absolute Gasteiger partial charge is 0.497 e. The van der Waals surface area contributed by atoms with Crippen molar-refractivity contribution in [2.75, 3.05) is 33.4 Å². The van der Waals surface area contributed by atoms with Crippen molar-refractivity contribution in [3.63, 3.8) is 0 Å². The number of alkyl halides is 3. The highest BCUT2D eigenvalue weighted by Crippen LogP contribution is 2.34. The van der Waals surface area contributed by atoms with E-state index in [2.05, 4.69) is 0 Å². The Bertz CT molecular complexity index is 1200. The molecular formula is C24H27F3N2O7S. The van der Waals surface area contributed by atoms with Crippen LogP contribution < -0.4 is 10.5 Å². The quantitative estimate of drug-likeness (QED) is 0.445. The molecule has 0 aromatic heterocycles. The van der Waals surface area contributed by atoms with Gasteiger partial charge in [0.15, 0.2) is 5.76 Å². The Balaban J connectivity index is 1.69. The van der Waals surface area contributed by atoms with Gasteiger partial charge in [-0.05, 0) is 48.0 Å². The minimum absolute atomic E-state index is 0.00279. The molecule has 3 rings (SSSR count). The fourth-order valence-corrected chi connectivity index (χ4v) is 5.14. The van der Waals surface area contributed by atoms with Gasteiger partial charge in [0, 0.05) is 25.4 Å². The molecule has 13 heteroatoms. The lowest BCUT2D eigenvalue weighted by Gasteiger charge is -2.29. The van der Waals surface area contributed by atoms with Gasteiger partial charge in [0.05, 0.1) is 30.8 Å². The number of primary amides is 1. The molecule has 3 N–H and O–H groups in total. The fourth-order valence-electron chi connectivity index (χ4n) is 3.73. The summed E-state index contributed by atoms with van der Waals surface area (Å²) in [5, 5.41) is 9.38. The minimum atomic E-state index is -4.49. The summed E-state index contributed by atoms with van der Waals surface area (Å²) in [4.78, 5) is 11.8. The maximum atomic E-state index is 13.0. The number of ether oxygens (including phenoxy) is 3. The van der Waals surface area contributed by atoms with Crippen LogP contribution in [0.5, 0.6) is 5.75 Å². The fraction of sp³-hybridized carbons (Fsp3) is 0.375. The number of nitrogens with two attached hydrogens (primary N) is 1. The minimum Gasteiger partial charge on any atom is -0.497 e. The van der Waals surface area contributed by atoms with Gasteiger partial charge in [0.1, 0.15) is 5.75 Å². The highest BCUT2D eigenvalue weighted by molar-refractivity contribution is 7.89. The number of amides is 1. The Morgan fingerprint density at radius 1 is 1.14 bits per heavy atom. The normalized spacial score (nSPS) is 18.3. The van der Waals surface area contributed by atoms with Gasteiger partial charge in [-0.3, -0.25) is 4.79 Å². The van der Waals surface area contributed by atoms with E-state index in [0.29, 0.717) is 11.3 Å². The number of carbonyl (C=O) groups is 1. The zero-order valence-corrected chi connectivity index (χ0v) is 20.7. The van der Waals surface area contributed by atoms with Crippen LogP contribution in [0.1, 0.15) is 23.5 Å². The number of methoxy groups -OCH3 is 1. The van der Waals surface area contributed by atoms with Crippen LogP contribution in [-0.4, -0.2) is 63.4 Å². The molecule has 9 nitrogen and oxygen atoms in total. The summed E-state index contributed by atoms with van der Waals surface area (Å²) >= 11 is 0. The van der Waals surface area contributed by atoms with Crippen LogP contribution in [0.4, 0.5) is 13.2 Å². The number of allylic oxidation sites excluding steroid dienone is 1. The van der Waals surface area contributed by atoms with E-state index in [1.165, 1.54) is 49.6 Å². The first-order valence-corrected chi connectivity index (χ1v) is 12.6. The molecule has 2 aromatic rings. The Kier molecular flexibility index (Phi) is 9.18. The number of halogens is 3. The molecule has 1 amide bonds. The van der Waals surface area contributed by atoms with Crippen LogP contribution in [0, 0.1) is 0 Å². The van der Waals surface area contributed by atoms with E-state index in [4.69, 9.17) is 19.9 Å².